The topological polar surface area (TPSA) is 43.1 Å². The normalized spacial score (nSPS) is 11.1. The molecule has 0 heterocycles. The van der Waals surface area contributed by atoms with Gasteiger partial charge in [-0.25, -0.2) is 0 Å². The Morgan fingerprint density at radius 1 is 1.43 bits per heavy atom. The van der Waals surface area contributed by atoms with Gasteiger partial charge in [-0.2, -0.15) is 0 Å². The van der Waals surface area contributed by atoms with Gasteiger partial charge < -0.3 is 0 Å². The molecule has 0 bridgehead atoms. The summed E-state index contributed by atoms with van der Waals surface area (Å²) in [6, 6.07) is 7.75. The molecule has 1 aromatic rings. The fraction of sp³-hybridized carbons (Fsp3) is 0.273. The lowest BCUT2D eigenvalue weighted by Gasteiger charge is -2.04. The average molecular weight is 191 g/mol. The zero-order chi connectivity index (χ0) is 10.6. The van der Waals surface area contributed by atoms with Gasteiger partial charge in [0, 0.05) is 6.08 Å². The van der Waals surface area contributed by atoms with Crippen molar-refractivity contribution in [1.29, 1.82) is 0 Å². The molecule has 0 atom stereocenters. The van der Waals surface area contributed by atoms with E-state index in [1.54, 1.807) is 0 Å². The number of nitrogens with zero attached hydrogens (tertiary/aromatic N) is 1. The molecule has 0 saturated carbocycles. The third kappa shape index (κ3) is 3.01. The lowest BCUT2D eigenvalue weighted by atomic mass is 10.0. The number of benzene rings is 1. The number of rotatable bonds is 3. The summed E-state index contributed by atoms with van der Waals surface area (Å²) in [5, 5.41) is 10.1. The third-order valence-electron chi connectivity index (χ3n) is 1.97. The summed E-state index contributed by atoms with van der Waals surface area (Å²) in [5.74, 6) is 0.443. The van der Waals surface area contributed by atoms with Gasteiger partial charge in [0.05, 0.1) is 4.92 Å². The van der Waals surface area contributed by atoms with Crippen LogP contribution in [0.3, 0.4) is 0 Å². The van der Waals surface area contributed by atoms with E-state index in [-0.39, 0.29) is 0 Å². The maximum atomic E-state index is 10.1. The van der Waals surface area contributed by atoms with Crippen LogP contribution in [-0.4, -0.2) is 4.92 Å². The van der Waals surface area contributed by atoms with Crippen LogP contribution in [0.25, 0.3) is 6.08 Å². The van der Waals surface area contributed by atoms with Crippen LogP contribution in [0.5, 0.6) is 0 Å². The standard InChI is InChI=1S/C11H13NO2/c1-9(2)11-5-3-4-10(8-11)6-7-12(13)14/h3-9H,1-2H3/b7-6-. The van der Waals surface area contributed by atoms with Crippen molar-refractivity contribution in [1.82, 2.24) is 0 Å². The van der Waals surface area contributed by atoms with Crippen molar-refractivity contribution < 1.29 is 4.92 Å². The van der Waals surface area contributed by atoms with E-state index in [0.717, 1.165) is 11.8 Å². The van der Waals surface area contributed by atoms with Crippen LogP contribution in [0, 0.1) is 10.1 Å². The molecule has 74 valence electrons. The molecule has 0 saturated heterocycles. The van der Waals surface area contributed by atoms with Crippen molar-refractivity contribution >= 4 is 6.08 Å². The quantitative estimate of drug-likeness (QED) is 0.544. The SMILES string of the molecule is CC(C)c1cccc(/C=C\[N+](=O)[O-])c1. The van der Waals surface area contributed by atoms with Gasteiger partial charge >= 0.3 is 0 Å². The molecular weight excluding hydrogens is 178 g/mol. The molecule has 1 rings (SSSR count). The lowest BCUT2D eigenvalue weighted by Crippen LogP contribution is -1.88. The van der Waals surface area contributed by atoms with Gasteiger partial charge in [-0.05, 0) is 17.0 Å². The van der Waals surface area contributed by atoms with Crippen molar-refractivity contribution in [2.45, 2.75) is 19.8 Å². The van der Waals surface area contributed by atoms with Crippen LogP contribution in [-0.2, 0) is 0 Å². The Labute approximate surface area is 83.2 Å². The Balaban J connectivity index is 2.89. The fourth-order valence-corrected chi connectivity index (χ4v) is 1.17. The van der Waals surface area contributed by atoms with Gasteiger partial charge in [-0.1, -0.05) is 38.1 Å². The number of hydrogen-bond acceptors (Lipinski definition) is 2. The molecule has 0 amide bonds. The van der Waals surface area contributed by atoms with Crippen LogP contribution in [0.15, 0.2) is 30.5 Å². The van der Waals surface area contributed by atoms with Crippen molar-refractivity contribution in [3.8, 4) is 0 Å². The summed E-state index contributed by atoms with van der Waals surface area (Å²) in [6.07, 6.45) is 2.46. The molecule has 0 spiro atoms. The summed E-state index contributed by atoms with van der Waals surface area (Å²) < 4.78 is 0. The van der Waals surface area contributed by atoms with Crippen LogP contribution in [0.1, 0.15) is 30.9 Å². The van der Waals surface area contributed by atoms with Crippen molar-refractivity contribution in [2.75, 3.05) is 0 Å². The van der Waals surface area contributed by atoms with E-state index in [1.165, 1.54) is 11.6 Å². The molecule has 0 aliphatic rings. The van der Waals surface area contributed by atoms with E-state index in [9.17, 15) is 10.1 Å². The lowest BCUT2D eigenvalue weighted by molar-refractivity contribution is -0.400. The molecule has 0 aliphatic heterocycles. The minimum atomic E-state index is -0.456. The highest BCUT2D eigenvalue weighted by Crippen LogP contribution is 2.16. The summed E-state index contributed by atoms with van der Waals surface area (Å²) >= 11 is 0. The predicted molar refractivity (Wildman–Crippen MR) is 56.6 cm³/mol. The first-order valence-corrected chi connectivity index (χ1v) is 4.51. The van der Waals surface area contributed by atoms with Gasteiger partial charge in [0.15, 0.2) is 0 Å². The first-order valence-electron chi connectivity index (χ1n) is 4.51. The van der Waals surface area contributed by atoms with E-state index in [2.05, 4.69) is 13.8 Å². The molecule has 14 heavy (non-hydrogen) atoms. The highest BCUT2D eigenvalue weighted by atomic mass is 16.6. The van der Waals surface area contributed by atoms with Crippen molar-refractivity contribution in [3.05, 3.63) is 51.7 Å². The molecule has 0 aliphatic carbocycles. The zero-order valence-corrected chi connectivity index (χ0v) is 8.31. The molecule has 0 fully saturated rings. The fourth-order valence-electron chi connectivity index (χ4n) is 1.17. The van der Waals surface area contributed by atoms with Crippen LogP contribution < -0.4 is 0 Å². The Bertz CT molecular complexity index is 356. The monoisotopic (exact) mass is 191 g/mol. The third-order valence-corrected chi connectivity index (χ3v) is 1.97. The predicted octanol–water partition coefficient (Wildman–Crippen LogP) is 3.06. The molecule has 0 N–H and O–H groups in total. The summed E-state index contributed by atoms with van der Waals surface area (Å²) in [7, 11) is 0. The van der Waals surface area contributed by atoms with Crippen LogP contribution in [0.4, 0.5) is 0 Å². The molecule has 0 aromatic heterocycles. The zero-order valence-electron chi connectivity index (χ0n) is 8.31. The Morgan fingerprint density at radius 2 is 2.14 bits per heavy atom. The van der Waals surface area contributed by atoms with E-state index in [0.29, 0.717) is 5.92 Å². The van der Waals surface area contributed by atoms with E-state index in [4.69, 9.17) is 0 Å². The summed E-state index contributed by atoms with van der Waals surface area (Å²) in [4.78, 5) is 9.65. The molecule has 3 nitrogen and oxygen atoms in total. The van der Waals surface area contributed by atoms with Gasteiger partial charge in [0.1, 0.15) is 0 Å². The van der Waals surface area contributed by atoms with Crippen molar-refractivity contribution in [3.63, 3.8) is 0 Å². The van der Waals surface area contributed by atoms with Gasteiger partial charge in [0.25, 0.3) is 0 Å². The first-order chi connectivity index (χ1) is 6.59. The Kier molecular flexibility index (Phi) is 3.40. The Morgan fingerprint density at radius 3 is 2.71 bits per heavy atom. The second-order valence-electron chi connectivity index (χ2n) is 3.43. The maximum Gasteiger partial charge on any atom is 0.235 e. The summed E-state index contributed by atoms with van der Waals surface area (Å²) in [5.41, 5.74) is 2.06. The van der Waals surface area contributed by atoms with Crippen molar-refractivity contribution in [2.24, 2.45) is 0 Å². The minimum Gasteiger partial charge on any atom is -0.259 e. The number of nitro groups is 1. The Hall–Kier alpha value is -1.64. The van der Waals surface area contributed by atoms with Gasteiger partial charge in [-0.15, -0.1) is 0 Å². The maximum absolute atomic E-state index is 10.1. The highest BCUT2D eigenvalue weighted by molar-refractivity contribution is 5.49. The van der Waals surface area contributed by atoms with Crippen LogP contribution >= 0.6 is 0 Å². The molecule has 0 unspecified atom stereocenters. The van der Waals surface area contributed by atoms with Gasteiger partial charge in [-0.3, -0.25) is 10.1 Å². The summed E-state index contributed by atoms with van der Waals surface area (Å²) in [6.45, 7) is 4.19. The molecular formula is C11H13NO2. The van der Waals surface area contributed by atoms with E-state index >= 15 is 0 Å². The molecule has 1 aromatic carbocycles. The second kappa shape index (κ2) is 4.56. The van der Waals surface area contributed by atoms with Gasteiger partial charge in [0.2, 0.25) is 6.20 Å². The molecule has 3 heteroatoms. The van der Waals surface area contributed by atoms with E-state index in [1.807, 2.05) is 24.3 Å². The molecule has 0 radical (unpaired) electrons. The average Bonchev–Trinajstić information content (AvgIpc) is 2.15. The second-order valence-corrected chi connectivity index (χ2v) is 3.43. The minimum absolute atomic E-state index is 0.443. The van der Waals surface area contributed by atoms with Crippen LogP contribution in [0.2, 0.25) is 0 Å². The largest absolute Gasteiger partial charge is 0.259 e. The first kappa shape index (κ1) is 10.4. The number of hydrogen-bond donors (Lipinski definition) is 0. The highest BCUT2D eigenvalue weighted by Gasteiger charge is 1.98. The van der Waals surface area contributed by atoms with E-state index < -0.39 is 4.92 Å². The smallest absolute Gasteiger partial charge is 0.235 e.